The zero-order valence-corrected chi connectivity index (χ0v) is 15.2. The summed E-state index contributed by atoms with van der Waals surface area (Å²) in [6.07, 6.45) is 0. The molecule has 0 aliphatic carbocycles. The van der Waals surface area contributed by atoms with Crippen LogP contribution in [0.5, 0.6) is 11.5 Å². The van der Waals surface area contributed by atoms with Crippen molar-refractivity contribution in [3.05, 3.63) is 88.9 Å². The van der Waals surface area contributed by atoms with Crippen molar-refractivity contribution in [2.75, 3.05) is 0 Å². The lowest BCUT2D eigenvalue weighted by Crippen LogP contribution is -2.31. The van der Waals surface area contributed by atoms with Crippen LogP contribution in [0.15, 0.2) is 72.8 Å². The van der Waals surface area contributed by atoms with E-state index in [1.165, 1.54) is 0 Å². The lowest BCUT2D eigenvalue weighted by molar-refractivity contribution is -0.122. The summed E-state index contributed by atoms with van der Waals surface area (Å²) in [4.78, 5) is 17.7. The Morgan fingerprint density at radius 2 is 1.56 bits per heavy atom. The van der Waals surface area contributed by atoms with Crippen LogP contribution in [0, 0.1) is 0 Å². The first-order valence-corrected chi connectivity index (χ1v) is 9.59. The summed E-state index contributed by atoms with van der Waals surface area (Å²) in [5.41, 5.74) is 2.74. The molecule has 3 aromatic carbocycles. The van der Waals surface area contributed by atoms with Crippen molar-refractivity contribution in [3.63, 3.8) is 0 Å². The van der Waals surface area contributed by atoms with Crippen LogP contribution < -0.4 is 10.1 Å². The number of rotatable bonds is 3. The van der Waals surface area contributed by atoms with E-state index in [9.17, 15) is 4.79 Å². The first kappa shape index (κ1) is 16.0. The number of carbonyl (C=O) groups is 1. The molecule has 132 valence electrons. The maximum atomic E-state index is 13.1. The maximum Gasteiger partial charge on any atom is 0.232 e. The number of thiazole rings is 1. The van der Waals surface area contributed by atoms with Crippen molar-refractivity contribution in [1.82, 2.24) is 10.3 Å². The summed E-state index contributed by atoms with van der Waals surface area (Å²) in [6.45, 7) is 0.417. The molecule has 0 atom stereocenters. The van der Waals surface area contributed by atoms with Crippen molar-refractivity contribution in [2.24, 2.45) is 0 Å². The Balaban J connectivity index is 1.44. The van der Waals surface area contributed by atoms with E-state index in [0.717, 1.165) is 37.9 Å². The Morgan fingerprint density at radius 3 is 2.26 bits per heavy atom. The summed E-state index contributed by atoms with van der Waals surface area (Å²) in [5.74, 6) is 1.03. The normalized spacial score (nSPS) is 12.9. The smallest absolute Gasteiger partial charge is 0.232 e. The van der Waals surface area contributed by atoms with Gasteiger partial charge in [0.05, 0.1) is 22.7 Å². The monoisotopic (exact) mass is 372 g/mol. The number of nitrogens with zero attached hydrogens (tertiary/aromatic N) is 1. The Morgan fingerprint density at radius 1 is 0.926 bits per heavy atom. The van der Waals surface area contributed by atoms with Crippen LogP contribution in [-0.4, -0.2) is 10.9 Å². The fourth-order valence-corrected chi connectivity index (χ4v) is 4.36. The van der Waals surface area contributed by atoms with E-state index in [1.807, 2.05) is 72.8 Å². The van der Waals surface area contributed by atoms with Crippen molar-refractivity contribution < 1.29 is 9.53 Å². The van der Waals surface area contributed by atoms with E-state index in [1.54, 1.807) is 11.3 Å². The van der Waals surface area contributed by atoms with Gasteiger partial charge in [-0.3, -0.25) is 4.79 Å². The van der Waals surface area contributed by atoms with Gasteiger partial charge >= 0.3 is 0 Å². The topological polar surface area (TPSA) is 51.2 Å². The van der Waals surface area contributed by atoms with E-state index in [2.05, 4.69) is 10.3 Å². The molecule has 0 saturated heterocycles. The number of aromatic nitrogens is 1. The summed E-state index contributed by atoms with van der Waals surface area (Å²) in [5, 5.41) is 3.97. The lowest BCUT2D eigenvalue weighted by Gasteiger charge is -2.27. The number of hydrogen-bond donors (Lipinski definition) is 1. The number of para-hydroxylation sites is 3. The molecule has 5 rings (SSSR count). The summed E-state index contributed by atoms with van der Waals surface area (Å²) in [7, 11) is 0. The molecule has 0 fully saturated rings. The highest BCUT2D eigenvalue weighted by atomic mass is 32.1. The minimum atomic E-state index is -0.388. The molecule has 4 aromatic rings. The summed E-state index contributed by atoms with van der Waals surface area (Å²) < 4.78 is 7.10. The van der Waals surface area contributed by atoms with Crippen molar-refractivity contribution in [3.8, 4) is 11.5 Å². The predicted molar refractivity (Wildman–Crippen MR) is 106 cm³/mol. The van der Waals surface area contributed by atoms with Gasteiger partial charge in [-0.1, -0.05) is 48.5 Å². The van der Waals surface area contributed by atoms with Crippen LogP contribution in [0.3, 0.4) is 0 Å². The van der Waals surface area contributed by atoms with Crippen LogP contribution in [0.4, 0.5) is 0 Å². The molecule has 5 heteroatoms. The largest absolute Gasteiger partial charge is 0.457 e. The van der Waals surface area contributed by atoms with Gasteiger partial charge in [0.15, 0.2) is 0 Å². The lowest BCUT2D eigenvalue weighted by atomic mass is 9.87. The maximum absolute atomic E-state index is 13.1. The molecule has 4 nitrogen and oxygen atoms in total. The zero-order chi connectivity index (χ0) is 18.2. The second-order valence-electron chi connectivity index (χ2n) is 6.40. The first-order chi connectivity index (χ1) is 13.3. The number of amides is 1. The SMILES string of the molecule is O=C(NCc1nc2ccccc2s1)C1c2ccccc2Oc2ccccc21. The quantitative estimate of drug-likeness (QED) is 0.559. The molecular formula is C22H16N2O2S. The van der Waals surface area contributed by atoms with Gasteiger partial charge in [0.1, 0.15) is 16.5 Å². The molecule has 0 radical (unpaired) electrons. The molecule has 2 heterocycles. The van der Waals surface area contributed by atoms with Gasteiger partial charge in [0, 0.05) is 11.1 Å². The van der Waals surface area contributed by atoms with Crippen LogP contribution in [0.2, 0.25) is 0 Å². The Bertz CT molecular complexity index is 1070. The molecule has 1 aromatic heterocycles. The Hall–Kier alpha value is -3.18. The first-order valence-electron chi connectivity index (χ1n) is 8.77. The van der Waals surface area contributed by atoms with Crippen LogP contribution in [0.1, 0.15) is 22.1 Å². The predicted octanol–water partition coefficient (Wildman–Crippen LogP) is 4.85. The summed E-state index contributed by atoms with van der Waals surface area (Å²) in [6, 6.07) is 23.4. The summed E-state index contributed by atoms with van der Waals surface area (Å²) >= 11 is 1.61. The number of hydrogen-bond acceptors (Lipinski definition) is 4. The number of carbonyl (C=O) groups excluding carboxylic acids is 1. The molecule has 1 amide bonds. The van der Waals surface area contributed by atoms with Gasteiger partial charge in [-0.25, -0.2) is 4.98 Å². The van der Waals surface area contributed by atoms with E-state index < -0.39 is 0 Å². The highest BCUT2D eigenvalue weighted by Gasteiger charge is 2.32. The van der Waals surface area contributed by atoms with E-state index >= 15 is 0 Å². The minimum Gasteiger partial charge on any atom is -0.457 e. The average molecular weight is 372 g/mol. The molecule has 1 aliphatic heterocycles. The standard InChI is InChI=1S/C22H16N2O2S/c25-22(23-13-20-24-16-9-3-6-12-19(16)27-20)21-14-7-1-4-10-17(14)26-18-11-5-2-8-15(18)21/h1-12,21H,13H2,(H,23,25). The molecule has 1 aliphatic rings. The van der Waals surface area contributed by atoms with E-state index in [-0.39, 0.29) is 11.8 Å². The third-order valence-corrected chi connectivity index (χ3v) is 5.73. The van der Waals surface area contributed by atoms with Crippen LogP contribution >= 0.6 is 11.3 Å². The highest BCUT2D eigenvalue weighted by Crippen LogP contribution is 2.43. The van der Waals surface area contributed by atoms with Crippen LogP contribution in [0.25, 0.3) is 10.2 Å². The number of fused-ring (bicyclic) bond motifs is 3. The fraction of sp³-hybridized carbons (Fsp3) is 0.0909. The number of benzene rings is 3. The zero-order valence-electron chi connectivity index (χ0n) is 14.4. The molecule has 0 saturated carbocycles. The minimum absolute atomic E-state index is 0.0440. The molecule has 0 unspecified atom stereocenters. The van der Waals surface area contributed by atoms with Crippen molar-refractivity contribution >= 4 is 27.5 Å². The van der Waals surface area contributed by atoms with E-state index in [4.69, 9.17) is 4.74 Å². The Labute approximate surface area is 160 Å². The molecule has 0 spiro atoms. The second kappa shape index (κ2) is 6.52. The van der Waals surface area contributed by atoms with Gasteiger partial charge in [0.2, 0.25) is 5.91 Å². The molecule has 27 heavy (non-hydrogen) atoms. The Kier molecular flexibility index (Phi) is 3.87. The van der Waals surface area contributed by atoms with Gasteiger partial charge in [0.25, 0.3) is 0 Å². The number of ether oxygens (including phenoxy) is 1. The van der Waals surface area contributed by atoms with Crippen LogP contribution in [-0.2, 0) is 11.3 Å². The van der Waals surface area contributed by atoms with E-state index in [0.29, 0.717) is 6.54 Å². The second-order valence-corrected chi connectivity index (χ2v) is 7.52. The number of nitrogens with one attached hydrogen (secondary N) is 1. The van der Waals surface area contributed by atoms with Gasteiger partial charge in [-0.15, -0.1) is 11.3 Å². The molecule has 0 bridgehead atoms. The third kappa shape index (κ3) is 2.86. The van der Waals surface area contributed by atoms with Gasteiger partial charge in [-0.2, -0.15) is 0 Å². The fourth-order valence-electron chi connectivity index (χ4n) is 3.45. The molecular weight excluding hydrogens is 356 g/mol. The average Bonchev–Trinajstić information content (AvgIpc) is 3.13. The van der Waals surface area contributed by atoms with Crippen molar-refractivity contribution in [1.29, 1.82) is 0 Å². The molecule has 1 N–H and O–H groups in total. The highest BCUT2D eigenvalue weighted by molar-refractivity contribution is 7.18. The van der Waals surface area contributed by atoms with Gasteiger partial charge in [-0.05, 0) is 24.3 Å². The van der Waals surface area contributed by atoms with Crippen molar-refractivity contribution in [2.45, 2.75) is 12.5 Å². The third-order valence-electron chi connectivity index (χ3n) is 4.69. The van der Waals surface area contributed by atoms with Gasteiger partial charge < -0.3 is 10.1 Å².